The highest BCUT2D eigenvalue weighted by molar-refractivity contribution is 6.30. The molecule has 0 fully saturated rings. The third kappa shape index (κ3) is 3.59. The van der Waals surface area contributed by atoms with E-state index in [4.69, 9.17) is 22.7 Å². The highest BCUT2D eigenvalue weighted by Crippen LogP contribution is 2.19. The largest absolute Gasteiger partial charge is 0.387 e. The first kappa shape index (κ1) is 11.5. The van der Waals surface area contributed by atoms with Crippen LogP contribution in [0.2, 0.25) is 5.02 Å². The van der Waals surface area contributed by atoms with Crippen LogP contribution in [0, 0.1) is 12.3 Å². The van der Waals surface area contributed by atoms with E-state index in [-0.39, 0.29) is 18.2 Å². The summed E-state index contributed by atoms with van der Waals surface area (Å²) in [6.45, 7) is 1.84. The fourth-order valence-electron chi connectivity index (χ4n) is 1.13. The summed E-state index contributed by atoms with van der Waals surface area (Å²) in [5.74, 6) is -0.452. The van der Waals surface area contributed by atoms with Crippen molar-refractivity contribution in [3.63, 3.8) is 0 Å². The van der Waals surface area contributed by atoms with Gasteiger partial charge in [0.1, 0.15) is 5.84 Å². The van der Waals surface area contributed by atoms with Crippen molar-refractivity contribution < 1.29 is 4.79 Å². The Morgan fingerprint density at radius 3 is 2.80 bits per heavy atom. The highest BCUT2D eigenvalue weighted by Gasteiger charge is 2.05. The molecule has 1 aromatic carbocycles. The topological polar surface area (TPSA) is 79.0 Å². The minimum absolute atomic E-state index is 0.0952. The molecule has 0 saturated carbocycles. The van der Waals surface area contributed by atoms with Gasteiger partial charge in [0.15, 0.2) is 0 Å². The second-order valence-corrected chi connectivity index (χ2v) is 3.65. The Morgan fingerprint density at radius 2 is 2.27 bits per heavy atom. The minimum atomic E-state index is -0.298. The molecular formula is C10H12ClN3O. The average molecular weight is 226 g/mol. The van der Waals surface area contributed by atoms with Crippen molar-refractivity contribution in [2.75, 3.05) is 5.32 Å². The molecule has 1 aromatic rings. The van der Waals surface area contributed by atoms with Crippen molar-refractivity contribution in [3.05, 3.63) is 28.8 Å². The maximum Gasteiger partial charge on any atom is 0.231 e. The number of hydrogen-bond acceptors (Lipinski definition) is 2. The molecule has 0 unspecified atom stereocenters. The Kier molecular flexibility index (Phi) is 3.68. The van der Waals surface area contributed by atoms with E-state index in [1.54, 1.807) is 18.2 Å². The van der Waals surface area contributed by atoms with Crippen LogP contribution < -0.4 is 11.1 Å². The van der Waals surface area contributed by atoms with Crippen molar-refractivity contribution in [3.8, 4) is 0 Å². The lowest BCUT2D eigenvalue weighted by Crippen LogP contribution is -2.21. The molecule has 0 aliphatic rings. The maximum atomic E-state index is 11.3. The van der Waals surface area contributed by atoms with Gasteiger partial charge >= 0.3 is 0 Å². The predicted molar refractivity (Wildman–Crippen MR) is 61.3 cm³/mol. The number of aryl methyl sites for hydroxylation is 1. The number of amidine groups is 1. The van der Waals surface area contributed by atoms with Crippen molar-refractivity contribution in [2.24, 2.45) is 5.73 Å². The SMILES string of the molecule is Cc1cc(Cl)ccc1NC(=O)CC(=N)N. The Labute approximate surface area is 92.9 Å². The van der Waals surface area contributed by atoms with Gasteiger partial charge in [-0.2, -0.15) is 0 Å². The summed E-state index contributed by atoms with van der Waals surface area (Å²) in [6, 6.07) is 5.17. The van der Waals surface area contributed by atoms with E-state index in [2.05, 4.69) is 5.32 Å². The monoisotopic (exact) mass is 225 g/mol. The van der Waals surface area contributed by atoms with Gasteiger partial charge in [0.2, 0.25) is 5.91 Å². The number of halogens is 1. The molecule has 4 N–H and O–H groups in total. The van der Waals surface area contributed by atoms with Crippen LogP contribution in [0.15, 0.2) is 18.2 Å². The second kappa shape index (κ2) is 4.79. The van der Waals surface area contributed by atoms with Gasteiger partial charge in [-0.1, -0.05) is 11.6 Å². The van der Waals surface area contributed by atoms with E-state index in [0.717, 1.165) is 5.56 Å². The molecule has 0 bridgehead atoms. The lowest BCUT2D eigenvalue weighted by Gasteiger charge is -2.07. The Balaban J connectivity index is 2.72. The van der Waals surface area contributed by atoms with Gasteiger partial charge in [0.05, 0.1) is 6.42 Å². The molecule has 80 valence electrons. The number of nitrogens with one attached hydrogen (secondary N) is 2. The third-order valence-corrected chi connectivity index (χ3v) is 2.05. The first-order valence-corrected chi connectivity index (χ1v) is 4.75. The van der Waals surface area contributed by atoms with Crippen LogP contribution >= 0.6 is 11.6 Å². The fourth-order valence-corrected chi connectivity index (χ4v) is 1.36. The molecule has 1 rings (SSSR count). The summed E-state index contributed by atoms with van der Waals surface area (Å²) >= 11 is 5.77. The van der Waals surface area contributed by atoms with E-state index in [1.165, 1.54) is 0 Å². The van der Waals surface area contributed by atoms with Gasteiger partial charge in [0, 0.05) is 10.7 Å². The quantitative estimate of drug-likeness (QED) is 0.543. The molecular weight excluding hydrogens is 214 g/mol. The van der Waals surface area contributed by atoms with Crippen molar-refractivity contribution in [1.82, 2.24) is 0 Å². The van der Waals surface area contributed by atoms with Crippen LogP contribution in [-0.4, -0.2) is 11.7 Å². The molecule has 0 aromatic heterocycles. The maximum absolute atomic E-state index is 11.3. The first-order valence-electron chi connectivity index (χ1n) is 4.38. The molecule has 0 spiro atoms. The summed E-state index contributed by atoms with van der Waals surface area (Å²) in [7, 11) is 0. The van der Waals surface area contributed by atoms with Gasteiger partial charge < -0.3 is 11.1 Å². The van der Waals surface area contributed by atoms with E-state index in [9.17, 15) is 4.79 Å². The summed E-state index contributed by atoms with van der Waals surface area (Å²) in [6.07, 6.45) is -0.0952. The van der Waals surface area contributed by atoms with E-state index in [0.29, 0.717) is 10.7 Å². The summed E-state index contributed by atoms with van der Waals surface area (Å²) in [5.41, 5.74) is 6.67. The van der Waals surface area contributed by atoms with E-state index >= 15 is 0 Å². The zero-order chi connectivity index (χ0) is 11.4. The minimum Gasteiger partial charge on any atom is -0.387 e. The van der Waals surface area contributed by atoms with Crippen LogP contribution in [0.3, 0.4) is 0 Å². The molecule has 4 nitrogen and oxygen atoms in total. The van der Waals surface area contributed by atoms with E-state index < -0.39 is 0 Å². The number of hydrogen-bond donors (Lipinski definition) is 3. The number of benzene rings is 1. The number of amides is 1. The van der Waals surface area contributed by atoms with Crippen LogP contribution in [0.5, 0.6) is 0 Å². The average Bonchev–Trinajstić information content (AvgIpc) is 2.08. The van der Waals surface area contributed by atoms with E-state index in [1.807, 2.05) is 6.92 Å². The lowest BCUT2D eigenvalue weighted by atomic mass is 10.2. The van der Waals surface area contributed by atoms with Gasteiger partial charge in [-0.25, -0.2) is 0 Å². The van der Waals surface area contributed by atoms with Crippen LogP contribution in [0.25, 0.3) is 0 Å². The number of anilines is 1. The third-order valence-electron chi connectivity index (χ3n) is 1.81. The Morgan fingerprint density at radius 1 is 1.60 bits per heavy atom. The molecule has 15 heavy (non-hydrogen) atoms. The van der Waals surface area contributed by atoms with Crippen molar-refractivity contribution in [2.45, 2.75) is 13.3 Å². The first-order chi connectivity index (χ1) is 6.99. The van der Waals surface area contributed by atoms with Crippen molar-refractivity contribution >= 4 is 29.0 Å². The molecule has 0 heterocycles. The van der Waals surface area contributed by atoms with Crippen molar-refractivity contribution in [1.29, 1.82) is 5.41 Å². The summed E-state index contributed by atoms with van der Waals surface area (Å²) in [5, 5.41) is 10.2. The molecule has 1 amide bonds. The predicted octanol–water partition coefficient (Wildman–Crippen LogP) is 1.91. The standard InChI is InChI=1S/C10H12ClN3O/c1-6-4-7(11)2-3-8(6)14-10(15)5-9(12)13/h2-4H,5H2,1H3,(H3,12,13)(H,14,15). The Hall–Kier alpha value is -1.55. The van der Waals surface area contributed by atoms with Crippen LogP contribution in [0.1, 0.15) is 12.0 Å². The highest BCUT2D eigenvalue weighted by atomic mass is 35.5. The normalized spacial score (nSPS) is 9.73. The molecule has 0 atom stereocenters. The molecule has 0 aliphatic heterocycles. The number of carbonyl (C=O) groups is 1. The smallest absolute Gasteiger partial charge is 0.231 e. The Bertz CT molecular complexity index is 404. The number of carbonyl (C=O) groups excluding carboxylic acids is 1. The van der Waals surface area contributed by atoms with Gasteiger partial charge in [-0.15, -0.1) is 0 Å². The van der Waals surface area contributed by atoms with Gasteiger partial charge in [-0.05, 0) is 30.7 Å². The molecule has 0 radical (unpaired) electrons. The zero-order valence-corrected chi connectivity index (χ0v) is 9.06. The molecule has 0 saturated heterocycles. The summed E-state index contributed by atoms with van der Waals surface area (Å²) < 4.78 is 0. The van der Waals surface area contributed by atoms with Gasteiger partial charge in [0.25, 0.3) is 0 Å². The van der Waals surface area contributed by atoms with Gasteiger partial charge in [-0.3, -0.25) is 10.2 Å². The molecule has 5 heteroatoms. The second-order valence-electron chi connectivity index (χ2n) is 3.21. The number of rotatable bonds is 3. The lowest BCUT2D eigenvalue weighted by molar-refractivity contribution is -0.115. The van der Waals surface area contributed by atoms with Crippen LogP contribution in [-0.2, 0) is 4.79 Å². The zero-order valence-electron chi connectivity index (χ0n) is 8.30. The molecule has 0 aliphatic carbocycles. The van der Waals surface area contributed by atoms with Crippen LogP contribution in [0.4, 0.5) is 5.69 Å². The number of nitrogens with two attached hydrogens (primary N) is 1. The summed E-state index contributed by atoms with van der Waals surface area (Å²) in [4.78, 5) is 11.3. The fraction of sp³-hybridized carbons (Fsp3) is 0.200.